The molecule has 0 spiro atoms. The van der Waals surface area contributed by atoms with Gasteiger partial charge in [0.05, 0.1) is 0 Å². The Labute approximate surface area is 61.8 Å². The molecule has 56 valence electrons. The van der Waals surface area contributed by atoms with E-state index >= 15 is 0 Å². The maximum absolute atomic E-state index is 10.5. The van der Waals surface area contributed by atoms with Crippen molar-refractivity contribution >= 4 is 6.29 Å². The molecule has 0 heterocycles. The van der Waals surface area contributed by atoms with Crippen LogP contribution in [0.15, 0.2) is 0 Å². The van der Waals surface area contributed by atoms with Gasteiger partial charge in [0.2, 0.25) is 0 Å². The topological polar surface area (TPSA) is 17.1 Å². The third-order valence-electron chi connectivity index (χ3n) is 3.28. The summed E-state index contributed by atoms with van der Waals surface area (Å²) in [7, 11) is 0. The van der Waals surface area contributed by atoms with E-state index in [0.29, 0.717) is 5.92 Å². The van der Waals surface area contributed by atoms with Crippen LogP contribution in [0.3, 0.4) is 0 Å². The van der Waals surface area contributed by atoms with Crippen LogP contribution in [-0.2, 0) is 4.79 Å². The summed E-state index contributed by atoms with van der Waals surface area (Å²) in [6.45, 7) is 0. The summed E-state index contributed by atoms with van der Waals surface area (Å²) in [5, 5.41) is 0. The van der Waals surface area contributed by atoms with Gasteiger partial charge in [0.15, 0.2) is 0 Å². The Morgan fingerprint density at radius 3 is 2.10 bits per heavy atom. The van der Waals surface area contributed by atoms with Gasteiger partial charge >= 0.3 is 0 Å². The van der Waals surface area contributed by atoms with E-state index in [-0.39, 0.29) is 0 Å². The van der Waals surface area contributed by atoms with Gasteiger partial charge in [0.25, 0.3) is 0 Å². The third kappa shape index (κ3) is 0.882. The third-order valence-corrected chi connectivity index (χ3v) is 3.28. The zero-order chi connectivity index (χ0) is 6.97. The van der Waals surface area contributed by atoms with E-state index in [2.05, 4.69) is 0 Å². The zero-order valence-electron chi connectivity index (χ0n) is 6.25. The molecule has 0 aromatic carbocycles. The van der Waals surface area contributed by atoms with Gasteiger partial charge in [0.1, 0.15) is 6.29 Å². The number of hydrogen-bond donors (Lipinski definition) is 0. The van der Waals surface area contributed by atoms with Crippen LogP contribution < -0.4 is 0 Å². The molecule has 2 bridgehead atoms. The van der Waals surface area contributed by atoms with Crippen molar-refractivity contribution in [1.29, 1.82) is 0 Å². The predicted octanol–water partition coefficient (Wildman–Crippen LogP) is 2.01. The van der Waals surface area contributed by atoms with Crippen molar-refractivity contribution in [1.82, 2.24) is 0 Å². The summed E-state index contributed by atoms with van der Waals surface area (Å²) in [5.41, 5.74) is 0. The molecule has 10 heavy (non-hydrogen) atoms. The monoisotopic (exact) mass is 138 g/mol. The maximum Gasteiger partial charge on any atom is 0.123 e. The minimum atomic E-state index is 0.438. The molecule has 3 saturated carbocycles. The van der Waals surface area contributed by atoms with E-state index in [1.54, 1.807) is 0 Å². The van der Waals surface area contributed by atoms with Crippen molar-refractivity contribution in [3.05, 3.63) is 0 Å². The lowest BCUT2D eigenvalue weighted by Crippen LogP contribution is -2.31. The maximum atomic E-state index is 10.5. The van der Waals surface area contributed by atoms with Gasteiger partial charge in [-0.15, -0.1) is 0 Å². The van der Waals surface area contributed by atoms with Crippen LogP contribution in [-0.4, -0.2) is 6.29 Å². The summed E-state index contributed by atoms with van der Waals surface area (Å²) >= 11 is 0. The first kappa shape index (κ1) is 6.38. The zero-order valence-corrected chi connectivity index (χ0v) is 6.25. The van der Waals surface area contributed by atoms with Crippen LogP contribution in [0.4, 0.5) is 0 Å². The molecular weight excluding hydrogens is 124 g/mol. The van der Waals surface area contributed by atoms with E-state index in [1.807, 2.05) is 0 Å². The summed E-state index contributed by atoms with van der Waals surface area (Å²) in [4.78, 5) is 10.5. The van der Waals surface area contributed by atoms with Crippen molar-refractivity contribution in [2.75, 3.05) is 0 Å². The number of hydrogen-bond acceptors (Lipinski definition) is 1. The molecule has 1 atom stereocenters. The Bertz CT molecular complexity index is 134. The Kier molecular flexibility index (Phi) is 1.51. The smallest absolute Gasteiger partial charge is 0.123 e. The highest BCUT2D eigenvalue weighted by Crippen LogP contribution is 2.43. The van der Waals surface area contributed by atoms with Crippen molar-refractivity contribution in [2.24, 2.45) is 17.8 Å². The first-order chi connectivity index (χ1) is 4.90. The van der Waals surface area contributed by atoms with Crippen LogP contribution in [0.5, 0.6) is 0 Å². The van der Waals surface area contributed by atoms with E-state index in [4.69, 9.17) is 0 Å². The molecule has 0 unspecified atom stereocenters. The SMILES string of the molecule is O=C[C@@H]1CC2CCC1CC2. The van der Waals surface area contributed by atoms with Crippen LogP contribution in [0.25, 0.3) is 0 Å². The van der Waals surface area contributed by atoms with Gasteiger partial charge in [-0.2, -0.15) is 0 Å². The molecule has 0 aromatic rings. The minimum absolute atomic E-state index is 0.438. The fraction of sp³-hybridized carbons (Fsp3) is 0.889. The van der Waals surface area contributed by atoms with Crippen LogP contribution in [0.1, 0.15) is 32.1 Å². The number of fused-ring (bicyclic) bond motifs is 3. The fourth-order valence-electron chi connectivity index (χ4n) is 2.60. The van der Waals surface area contributed by atoms with Gasteiger partial charge in [-0.1, -0.05) is 12.8 Å². The second kappa shape index (κ2) is 2.37. The predicted molar refractivity (Wildman–Crippen MR) is 39.6 cm³/mol. The van der Waals surface area contributed by atoms with Gasteiger partial charge in [-0.25, -0.2) is 0 Å². The van der Waals surface area contributed by atoms with E-state index in [1.165, 1.54) is 38.4 Å². The summed E-state index contributed by atoms with van der Waals surface area (Å²) in [5.74, 6) is 2.11. The molecule has 0 N–H and O–H groups in total. The Morgan fingerprint density at radius 2 is 1.80 bits per heavy atom. The van der Waals surface area contributed by atoms with Crippen molar-refractivity contribution in [2.45, 2.75) is 32.1 Å². The highest BCUT2D eigenvalue weighted by atomic mass is 16.1. The Balaban J connectivity index is 2.07. The van der Waals surface area contributed by atoms with Crippen molar-refractivity contribution in [3.8, 4) is 0 Å². The average molecular weight is 138 g/mol. The standard InChI is InChI=1S/C9H14O/c10-6-9-5-7-1-3-8(9)4-2-7/h6-9H,1-5H2/t7?,8?,9-/m0/s1. The van der Waals surface area contributed by atoms with Crippen molar-refractivity contribution in [3.63, 3.8) is 0 Å². The number of carbonyl (C=O) groups excluding carboxylic acids is 1. The fourth-order valence-corrected chi connectivity index (χ4v) is 2.60. The molecule has 3 rings (SSSR count). The quantitative estimate of drug-likeness (QED) is 0.506. The van der Waals surface area contributed by atoms with E-state index < -0.39 is 0 Å². The summed E-state index contributed by atoms with van der Waals surface area (Å²) in [6.07, 6.45) is 7.84. The van der Waals surface area contributed by atoms with Gasteiger partial charge in [-0.05, 0) is 31.1 Å². The molecule has 0 saturated heterocycles. The van der Waals surface area contributed by atoms with Crippen molar-refractivity contribution < 1.29 is 4.79 Å². The number of aldehydes is 1. The van der Waals surface area contributed by atoms with Gasteiger partial charge in [-0.3, -0.25) is 0 Å². The lowest BCUT2D eigenvalue weighted by atomic mass is 9.65. The van der Waals surface area contributed by atoms with Gasteiger partial charge < -0.3 is 4.79 Å². The van der Waals surface area contributed by atoms with Gasteiger partial charge in [0, 0.05) is 5.92 Å². The molecule has 1 nitrogen and oxygen atoms in total. The lowest BCUT2D eigenvalue weighted by molar-refractivity contribution is -0.115. The highest BCUT2D eigenvalue weighted by Gasteiger charge is 2.34. The van der Waals surface area contributed by atoms with Crippen LogP contribution >= 0.6 is 0 Å². The normalized spacial score (nSPS) is 45.4. The summed E-state index contributed by atoms with van der Waals surface area (Å²) in [6, 6.07) is 0. The van der Waals surface area contributed by atoms with E-state index in [0.717, 1.165) is 11.8 Å². The summed E-state index contributed by atoms with van der Waals surface area (Å²) < 4.78 is 0. The number of rotatable bonds is 1. The molecular formula is C9H14O. The molecule has 3 aliphatic rings. The molecule has 3 aliphatic carbocycles. The first-order valence-corrected chi connectivity index (χ1v) is 4.35. The molecule has 0 radical (unpaired) electrons. The molecule has 0 aliphatic heterocycles. The average Bonchev–Trinajstić information content (AvgIpc) is 2.06. The Hall–Kier alpha value is -0.330. The Morgan fingerprint density at radius 1 is 1.10 bits per heavy atom. The molecule has 0 aromatic heterocycles. The van der Waals surface area contributed by atoms with E-state index in [9.17, 15) is 4.79 Å². The highest BCUT2D eigenvalue weighted by molar-refractivity contribution is 5.54. The first-order valence-electron chi connectivity index (χ1n) is 4.35. The molecule has 1 heteroatoms. The second-order valence-corrected chi connectivity index (χ2v) is 3.82. The number of carbonyl (C=O) groups is 1. The largest absolute Gasteiger partial charge is 0.303 e. The van der Waals surface area contributed by atoms with Crippen LogP contribution in [0, 0.1) is 17.8 Å². The minimum Gasteiger partial charge on any atom is -0.303 e. The molecule has 3 fully saturated rings. The second-order valence-electron chi connectivity index (χ2n) is 3.82. The van der Waals surface area contributed by atoms with Crippen LogP contribution in [0.2, 0.25) is 0 Å². The molecule has 0 amide bonds. The lowest BCUT2D eigenvalue weighted by Gasteiger charge is -2.39.